The maximum Gasteiger partial charge on any atom is 0.154 e. The van der Waals surface area contributed by atoms with Gasteiger partial charge in [0.05, 0.1) is 11.5 Å². The maximum absolute atomic E-state index is 13.3. The van der Waals surface area contributed by atoms with Crippen LogP contribution in [0, 0.1) is 5.82 Å². The molecule has 0 aromatic heterocycles. The summed E-state index contributed by atoms with van der Waals surface area (Å²) in [4.78, 5) is 2.00. The van der Waals surface area contributed by atoms with Gasteiger partial charge in [-0.2, -0.15) is 0 Å². The molecule has 1 aromatic carbocycles. The standard InChI is InChI=1S/C13H19FN2O2S/c1-9-8-19(17,18)6-5-16(9)13-4-3-11(14)7-12(13)10(2)15/h3-4,7,9-10H,5-6,8,15H2,1-2H3. The van der Waals surface area contributed by atoms with Crippen LogP contribution in [0.1, 0.15) is 25.5 Å². The minimum absolute atomic E-state index is 0.123. The predicted molar refractivity (Wildman–Crippen MR) is 74.5 cm³/mol. The minimum atomic E-state index is -2.96. The van der Waals surface area contributed by atoms with E-state index in [-0.39, 0.29) is 29.4 Å². The smallest absolute Gasteiger partial charge is 0.154 e. The second-order valence-corrected chi connectivity index (χ2v) is 7.38. The molecule has 0 spiro atoms. The third-order valence-corrected chi connectivity index (χ3v) is 5.25. The first-order valence-electron chi connectivity index (χ1n) is 6.32. The Kier molecular flexibility index (Phi) is 3.82. The van der Waals surface area contributed by atoms with Crippen molar-refractivity contribution in [3.8, 4) is 0 Å². The number of hydrogen-bond acceptors (Lipinski definition) is 4. The SMILES string of the molecule is CC(N)c1cc(F)ccc1N1CCS(=O)(=O)CC1C. The van der Waals surface area contributed by atoms with Crippen molar-refractivity contribution in [1.29, 1.82) is 0 Å². The predicted octanol–water partition coefficient (Wildman–Crippen LogP) is 1.47. The van der Waals surface area contributed by atoms with Crippen molar-refractivity contribution in [2.75, 3.05) is 23.0 Å². The summed E-state index contributed by atoms with van der Waals surface area (Å²) in [5.74, 6) is -0.0658. The van der Waals surface area contributed by atoms with Crippen molar-refractivity contribution in [3.05, 3.63) is 29.6 Å². The Morgan fingerprint density at radius 2 is 2.16 bits per heavy atom. The Balaban J connectivity index is 2.37. The van der Waals surface area contributed by atoms with Crippen LogP contribution >= 0.6 is 0 Å². The molecule has 0 aliphatic carbocycles. The van der Waals surface area contributed by atoms with Gasteiger partial charge in [-0.15, -0.1) is 0 Å². The maximum atomic E-state index is 13.3. The third kappa shape index (κ3) is 3.06. The molecule has 1 aliphatic rings. The van der Waals surface area contributed by atoms with Gasteiger partial charge >= 0.3 is 0 Å². The lowest BCUT2D eigenvalue weighted by molar-refractivity contribution is 0.566. The number of anilines is 1. The number of nitrogens with zero attached hydrogens (tertiary/aromatic N) is 1. The second-order valence-electron chi connectivity index (χ2n) is 5.15. The molecule has 0 bridgehead atoms. The molecule has 0 radical (unpaired) electrons. The average Bonchev–Trinajstić information content (AvgIpc) is 2.28. The highest BCUT2D eigenvalue weighted by atomic mass is 32.2. The summed E-state index contributed by atoms with van der Waals surface area (Å²) >= 11 is 0. The van der Waals surface area contributed by atoms with Gasteiger partial charge in [0.2, 0.25) is 0 Å². The van der Waals surface area contributed by atoms with E-state index < -0.39 is 9.84 Å². The molecule has 4 nitrogen and oxygen atoms in total. The molecular weight excluding hydrogens is 267 g/mol. The lowest BCUT2D eigenvalue weighted by Gasteiger charge is -2.36. The van der Waals surface area contributed by atoms with Crippen LogP contribution in [-0.4, -0.2) is 32.5 Å². The summed E-state index contributed by atoms with van der Waals surface area (Å²) in [5.41, 5.74) is 7.42. The van der Waals surface area contributed by atoms with E-state index in [4.69, 9.17) is 5.73 Å². The van der Waals surface area contributed by atoms with Crippen molar-refractivity contribution in [2.24, 2.45) is 5.73 Å². The van der Waals surface area contributed by atoms with Gasteiger partial charge < -0.3 is 10.6 Å². The highest BCUT2D eigenvalue weighted by molar-refractivity contribution is 7.91. The second kappa shape index (κ2) is 5.09. The molecule has 2 N–H and O–H groups in total. The molecule has 2 unspecified atom stereocenters. The van der Waals surface area contributed by atoms with Gasteiger partial charge in [0.15, 0.2) is 9.84 Å². The zero-order valence-electron chi connectivity index (χ0n) is 11.1. The summed E-state index contributed by atoms with van der Waals surface area (Å²) in [6.07, 6.45) is 0. The van der Waals surface area contributed by atoms with E-state index >= 15 is 0 Å². The van der Waals surface area contributed by atoms with Crippen LogP contribution in [0.15, 0.2) is 18.2 Å². The molecule has 1 aliphatic heterocycles. The van der Waals surface area contributed by atoms with Crippen LogP contribution in [0.25, 0.3) is 0 Å². The van der Waals surface area contributed by atoms with Gasteiger partial charge in [-0.05, 0) is 37.6 Å². The molecular formula is C13H19FN2O2S. The van der Waals surface area contributed by atoms with Gasteiger partial charge in [0.25, 0.3) is 0 Å². The molecule has 6 heteroatoms. The van der Waals surface area contributed by atoms with Gasteiger partial charge in [-0.25, -0.2) is 12.8 Å². The number of nitrogens with two attached hydrogens (primary N) is 1. The highest BCUT2D eigenvalue weighted by Gasteiger charge is 2.29. The zero-order valence-corrected chi connectivity index (χ0v) is 12.0. The van der Waals surface area contributed by atoms with Crippen LogP contribution in [0.5, 0.6) is 0 Å². The first-order valence-corrected chi connectivity index (χ1v) is 8.14. The molecule has 106 valence electrons. The molecule has 1 fully saturated rings. The summed E-state index contributed by atoms with van der Waals surface area (Å²) in [6, 6.07) is 4.08. The van der Waals surface area contributed by atoms with E-state index in [1.807, 2.05) is 11.8 Å². The Hall–Kier alpha value is -1.14. The molecule has 1 saturated heterocycles. The van der Waals surface area contributed by atoms with E-state index in [9.17, 15) is 12.8 Å². The molecule has 19 heavy (non-hydrogen) atoms. The summed E-state index contributed by atoms with van der Waals surface area (Å²) in [5, 5.41) is 0. The third-order valence-electron chi connectivity index (χ3n) is 3.46. The first-order chi connectivity index (χ1) is 8.80. The van der Waals surface area contributed by atoms with Crippen LogP contribution in [-0.2, 0) is 9.84 Å². The zero-order chi connectivity index (χ0) is 14.2. The van der Waals surface area contributed by atoms with Gasteiger partial charge in [0, 0.05) is 24.3 Å². The fraction of sp³-hybridized carbons (Fsp3) is 0.538. The van der Waals surface area contributed by atoms with Crippen molar-refractivity contribution in [3.63, 3.8) is 0 Å². The van der Waals surface area contributed by atoms with E-state index in [1.54, 1.807) is 13.0 Å². The van der Waals surface area contributed by atoms with E-state index in [2.05, 4.69) is 0 Å². The van der Waals surface area contributed by atoms with Crippen LogP contribution in [0.3, 0.4) is 0 Å². The van der Waals surface area contributed by atoms with Crippen molar-refractivity contribution < 1.29 is 12.8 Å². The fourth-order valence-corrected chi connectivity index (χ4v) is 4.06. The van der Waals surface area contributed by atoms with Crippen molar-refractivity contribution >= 4 is 15.5 Å². The molecule has 2 rings (SSSR count). The summed E-state index contributed by atoms with van der Waals surface area (Å²) in [7, 11) is -2.96. The van der Waals surface area contributed by atoms with Gasteiger partial charge in [-0.3, -0.25) is 0 Å². The van der Waals surface area contributed by atoms with E-state index in [0.29, 0.717) is 12.1 Å². The molecule has 0 amide bonds. The summed E-state index contributed by atoms with van der Waals surface area (Å²) < 4.78 is 36.5. The largest absolute Gasteiger partial charge is 0.367 e. The van der Waals surface area contributed by atoms with Crippen molar-refractivity contribution in [1.82, 2.24) is 0 Å². The number of hydrogen-bond donors (Lipinski definition) is 1. The van der Waals surface area contributed by atoms with E-state index in [1.165, 1.54) is 12.1 Å². The number of benzene rings is 1. The molecule has 2 atom stereocenters. The first kappa shape index (κ1) is 14.3. The Bertz CT molecular complexity index is 572. The lowest BCUT2D eigenvalue weighted by atomic mass is 10.0. The Morgan fingerprint density at radius 1 is 1.47 bits per heavy atom. The topological polar surface area (TPSA) is 63.4 Å². The van der Waals surface area contributed by atoms with Crippen LogP contribution in [0.4, 0.5) is 10.1 Å². The average molecular weight is 286 g/mol. The highest BCUT2D eigenvalue weighted by Crippen LogP contribution is 2.29. The number of halogens is 1. The lowest BCUT2D eigenvalue weighted by Crippen LogP contribution is -2.47. The Morgan fingerprint density at radius 3 is 2.74 bits per heavy atom. The monoisotopic (exact) mass is 286 g/mol. The van der Waals surface area contributed by atoms with Crippen LogP contribution in [0.2, 0.25) is 0 Å². The minimum Gasteiger partial charge on any atom is -0.367 e. The van der Waals surface area contributed by atoms with Crippen LogP contribution < -0.4 is 10.6 Å². The summed E-state index contributed by atoms with van der Waals surface area (Å²) in [6.45, 7) is 4.09. The molecule has 1 heterocycles. The molecule has 1 aromatic rings. The number of rotatable bonds is 2. The number of sulfone groups is 1. The van der Waals surface area contributed by atoms with E-state index in [0.717, 1.165) is 5.69 Å². The van der Waals surface area contributed by atoms with Crippen molar-refractivity contribution in [2.45, 2.75) is 25.9 Å². The fourth-order valence-electron chi connectivity index (χ4n) is 2.51. The quantitative estimate of drug-likeness (QED) is 0.894. The Labute approximate surface area is 113 Å². The molecule has 0 saturated carbocycles. The normalized spacial score (nSPS) is 24.2. The van der Waals surface area contributed by atoms with Gasteiger partial charge in [-0.1, -0.05) is 0 Å². The van der Waals surface area contributed by atoms with Gasteiger partial charge in [0.1, 0.15) is 5.82 Å².